The second-order valence-electron chi connectivity index (χ2n) is 3.79. The molecule has 0 heterocycles. The predicted molar refractivity (Wildman–Crippen MR) is 68.8 cm³/mol. The van der Waals surface area contributed by atoms with Crippen LogP contribution >= 0.6 is 0 Å². The Kier molecular flexibility index (Phi) is 7.72. The van der Waals surface area contributed by atoms with Gasteiger partial charge in [-0.25, -0.2) is 4.79 Å². The van der Waals surface area contributed by atoms with Crippen LogP contribution in [0.25, 0.3) is 0 Å². The SMILES string of the molecule is C=C(C)C(=O)OCCO.Cc1ccc(C)cc1. The van der Waals surface area contributed by atoms with Crippen LogP contribution in [0.4, 0.5) is 0 Å². The van der Waals surface area contributed by atoms with Crippen molar-refractivity contribution < 1.29 is 14.6 Å². The van der Waals surface area contributed by atoms with E-state index in [4.69, 9.17) is 5.11 Å². The summed E-state index contributed by atoms with van der Waals surface area (Å²) >= 11 is 0. The number of rotatable bonds is 3. The average molecular weight is 236 g/mol. The summed E-state index contributed by atoms with van der Waals surface area (Å²) in [6.07, 6.45) is 0. The van der Waals surface area contributed by atoms with E-state index >= 15 is 0 Å². The fourth-order valence-corrected chi connectivity index (χ4v) is 0.898. The number of aryl methyl sites for hydroxylation is 2. The number of aliphatic hydroxyl groups excluding tert-OH is 1. The Morgan fingerprint density at radius 2 is 1.65 bits per heavy atom. The highest BCUT2D eigenvalue weighted by Gasteiger charge is 1.99. The molecule has 0 radical (unpaired) electrons. The highest BCUT2D eigenvalue weighted by atomic mass is 16.5. The second kappa shape index (κ2) is 8.53. The molecule has 0 spiro atoms. The number of ether oxygens (including phenoxy) is 1. The number of aliphatic hydroxyl groups is 1. The molecule has 1 aromatic carbocycles. The Morgan fingerprint density at radius 1 is 1.24 bits per heavy atom. The van der Waals surface area contributed by atoms with Crippen molar-refractivity contribution in [3.63, 3.8) is 0 Å². The molecule has 0 unspecified atom stereocenters. The van der Waals surface area contributed by atoms with E-state index in [1.165, 1.54) is 11.1 Å². The summed E-state index contributed by atoms with van der Waals surface area (Å²) in [6.45, 7) is 9.01. The van der Waals surface area contributed by atoms with Gasteiger partial charge in [-0.05, 0) is 20.8 Å². The second-order valence-corrected chi connectivity index (χ2v) is 3.79. The van der Waals surface area contributed by atoms with Crippen molar-refractivity contribution in [2.75, 3.05) is 13.2 Å². The maximum absolute atomic E-state index is 10.5. The van der Waals surface area contributed by atoms with Crippen molar-refractivity contribution in [1.29, 1.82) is 0 Å². The van der Waals surface area contributed by atoms with Gasteiger partial charge in [-0.3, -0.25) is 0 Å². The minimum absolute atomic E-state index is 0.0473. The van der Waals surface area contributed by atoms with Crippen LogP contribution in [-0.4, -0.2) is 24.3 Å². The van der Waals surface area contributed by atoms with Gasteiger partial charge in [-0.15, -0.1) is 0 Å². The van der Waals surface area contributed by atoms with Crippen LogP contribution in [0.3, 0.4) is 0 Å². The van der Waals surface area contributed by atoms with Crippen LogP contribution < -0.4 is 0 Å². The summed E-state index contributed by atoms with van der Waals surface area (Å²) in [5.74, 6) is -0.455. The molecule has 0 aliphatic carbocycles. The zero-order valence-electron chi connectivity index (χ0n) is 10.7. The molecule has 0 bridgehead atoms. The van der Waals surface area contributed by atoms with Crippen molar-refractivity contribution >= 4 is 5.97 Å². The normalized spacial score (nSPS) is 8.94. The zero-order valence-corrected chi connectivity index (χ0v) is 10.7. The smallest absolute Gasteiger partial charge is 0.333 e. The van der Waals surface area contributed by atoms with E-state index in [2.05, 4.69) is 49.4 Å². The van der Waals surface area contributed by atoms with Crippen molar-refractivity contribution in [2.24, 2.45) is 0 Å². The summed E-state index contributed by atoms with van der Waals surface area (Å²) in [5.41, 5.74) is 3.01. The third kappa shape index (κ3) is 8.22. The van der Waals surface area contributed by atoms with Crippen molar-refractivity contribution in [1.82, 2.24) is 0 Å². The van der Waals surface area contributed by atoms with Gasteiger partial charge in [0.15, 0.2) is 0 Å². The number of carbonyl (C=O) groups excluding carboxylic acids is 1. The quantitative estimate of drug-likeness (QED) is 0.647. The molecule has 0 saturated heterocycles. The highest BCUT2D eigenvalue weighted by Crippen LogP contribution is 1.99. The van der Waals surface area contributed by atoms with Crippen LogP contribution in [0.5, 0.6) is 0 Å². The summed E-state index contributed by atoms with van der Waals surface area (Å²) in [5, 5.41) is 8.19. The number of hydrogen-bond acceptors (Lipinski definition) is 3. The van der Waals surface area contributed by atoms with Crippen LogP contribution in [0, 0.1) is 13.8 Å². The van der Waals surface area contributed by atoms with E-state index in [1.807, 2.05) is 0 Å². The molecule has 17 heavy (non-hydrogen) atoms. The highest BCUT2D eigenvalue weighted by molar-refractivity contribution is 5.86. The van der Waals surface area contributed by atoms with Crippen LogP contribution in [0.15, 0.2) is 36.4 Å². The first-order valence-electron chi connectivity index (χ1n) is 5.44. The van der Waals surface area contributed by atoms with E-state index in [-0.39, 0.29) is 13.2 Å². The summed E-state index contributed by atoms with van der Waals surface area (Å²) in [4.78, 5) is 10.5. The number of hydrogen-bond donors (Lipinski definition) is 1. The summed E-state index contributed by atoms with van der Waals surface area (Å²) in [6, 6.07) is 8.48. The molecule has 0 atom stereocenters. The Hall–Kier alpha value is -1.61. The fraction of sp³-hybridized carbons (Fsp3) is 0.357. The Balaban J connectivity index is 0.000000302. The van der Waals surface area contributed by atoms with Gasteiger partial charge in [-0.2, -0.15) is 0 Å². The van der Waals surface area contributed by atoms with E-state index in [9.17, 15) is 4.79 Å². The minimum Gasteiger partial charge on any atom is -0.460 e. The molecule has 1 rings (SSSR count). The lowest BCUT2D eigenvalue weighted by Crippen LogP contribution is -2.08. The molecule has 1 aromatic rings. The maximum Gasteiger partial charge on any atom is 0.333 e. The summed E-state index contributed by atoms with van der Waals surface area (Å²) in [7, 11) is 0. The van der Waals surface area contributed by atoms with E-state index in [1.54, 1.807) is 6.92 Å². The molecule has 0 amide bonds. The van der Waals surface area contributed by atoms with Gasteiger partial charge >= 0.3 is 5.97 Å². The van der Waals surface area contributed by atoms with E-state index in [0.717, 1.165) is 0 Å². The largest absolute Gasteiger partial charge is 0.460 e. The Bertz CT molecular complexity index is 331. The molecular weight excluding hydrogens is 216 g/mol. The maximum atomic E-state index is 10.5. The molecule has 0 saturated carbocycles. The van der Waals surface area contributed by atoms with Gasteiger partial charge in [-0.1, -0.05) is 42.0 Å². The first-order valence-corrected chi connectivity index (χ1v) is 5.44. The molecule has 94 valence electrons. The molecule has 1 N–H and O–H groups in total. The Labute approximate surface area is 103 Å². The number of esters is 1. The molecule has 0 aromatic heterocycles. The topological polar surface area (TPSA) is 46.5 Å². The standard InChI is InChI=1S/C8H10.C6H10O3/c1-7-3-5-8(2)6-4-7;1-5(2)6(8)9-4-3-7/h3-6H,1-2H3;7H,1,3-4H2,2H3. The predicted octanol–water partition coefficient (Wildman–Crippen LogP) is 2.40. The first-order chi connectivity index (χ1) is 7.97. The lowest BCUT2D eigenvalue weighted by Gasteiger charge is -1.99. The van der Waals surface area contributed by atoms with Crippen LogP contribution in [-0.2, 0) is 9.53 Å². The molecule has 0 aliphatic rings. The van der Waals surface area contributed by atoms with Gasteiger partial charge in [0.1, 0.15) is 6.61 Å². The van der Waals surface area contributed by atoms with Crippen molar-refractivity contribution in [3.8, 4) is 0 Å². The van der Waals surface area contributed by atoms with Crippen LogP contribution in [0.1, 0.15) is 18.1 Å². The lowest BCUT2D eigenvalue weighted by atomic mass is 10.2. The molecular formula is C14H20O3. The minimum atomic E-state index is -0.455. The van der Waals surface area contributed by atoms with Gasteiger partial charge in [0, 0.05) is 5.57 Å². The van der Waals surface area contributed by atoms with E-state index < -0.39 is 5.97 Å². The number of carbonyl (C=O) groups is 1. The van der Waals surface area contributed by atoms with Gasteiger partial charge in [0.2, 0.25) is 0 Å². The Morgan fingerprint density at radius 3 is 1.94 bits per heavy atom. The molecule has 0 aliphatic heterocycles. The van der Waals surface area contributed by atoms with Gasteiger partial charge in [0.05, 0.1) is 6.61 Å². The zero-order chi connectivity index (χ0) is 13.3. The van der Waals surface area contributed by atoms with Crippen molar-refractivity contribution in [2.45, 2.75) is 20.8 Å². The summed E-state index contributed by atoms with van der Waals surface area (Å²) < 4.78 is 4.46. The fourth-order valence-electron chi connectivity index (χ4n) is 0.898. The average Bonchev–Trinajstić information content (AvgIpc) is 2.30. The molecule has 3 heteroatoms. The third-order valence-electron chi connectivity index (χ3n) is 1.89. The van der Waals surface area contributed by atoms with Gasteiger partial charge < -0.3 is 9.84 Å². The van der Waals surface area contributed by atoms with Crippen LogP contribution in [0.2, 0.25) is 0 Å². The van der Waals surface area contributed by atoms with Gasteiger partial charge in [0.25, 0.3) is 0 Å². The monoisotopic (exact) mass is 236 g/mol. The van der Waals surface area contributed by atoms with Crippen molar-refractivity contribution in [3.05, 3.63) is 47.5 Å². The number of benzene rings is 1. The lowest BCUT2D eigenvalue weighted by molar-refractivity contribution is -0.139. The third-order valence-corrected chi connectivity index (χ3v) is 1.89. The van der Waals surface area contributed by atoms with E-state index in [0.29, 0.717) is 5.57 Å². The molecule has 0 fully saturated rings. The molecule has 3 nitrogen and oxygen atoms in total. The first kappa shape index (κ1) is 15.4.